The second-order valence-electron chi connectivity index (χ2n) is 7.20. The molecule has 6 heteroatoms. The minimum Gasteiger partial charge on any atom is -0.415 e. The number of hydrogen-bond acceptors (Lipinski definition) is 3. The molecular formula is C22H25ClN4O+2. The molecule has 28 heavy (non-hydrogen) atoms. The van der Waals surface area contributed by atoms with E-state index in [4.69, 9.17) is 16.0 Å². The molecule has 0 atom stereocenters. The molecule has 2 aromatic carbocycles. The Hall–Kier alpha value is -2.47. The van der Waals surface area contributed by atoms with Gasteiger partial charge in [-0.15, -0.1) is 10.2 Å². The third-order valence-corrected chi connectivity index (χ3v) is 5.39. The first-order chi connectivity index (χ1) is 13.8. The van der Waals surface area contributed by atoms with E-state index < -0.39 is 0 Å². The van der Waals surface area contributed by atoms with E-state index >= 15 is 0 Å². The molecule has 144 valence electrons. The molecule has 0 unspecified atom stereocenters. The van der Waals surface area contributed by atoms with E-state index in [1.165, 1.54) is 10.5 Å². The summed E-state index contributed by atoms with van der Waals surface area (Å²) in [5, 5.41) is 9.10. The van der Waals surface area contributed by atoms with Crippen LogP contribution in [0.4, 0.5) is 0 Å². The minimum absolute atomic E-state index is 0.557. The predicted molar refractivity (Wildman–Crippen MR) is 110 cm³/mol. The molecule has 3 aromatic rings. The molecule has 2 heterocycles. The van der Waals surface area contributed by atoms with Crippen molar-refractivity contribution in [3.05, 3.63) is 77.2 Å². The number of quaternary nitrogens is 2. The zero-order valence-corrected chi connectivity index (χ0v) is 16.5. The quantitative estimate of drug-likeness (QED) is 0.662. The van der Waals surface area contributed by atoms with Crippen LogP contribution in [0.3, 0.4) is 0 Å². The summed E-state index contributed by atoms with van der Waals surface area (Å²) in [5.41, 5.74) is 2.16. The summed E-state index contributed by atoms with van der Waals surface area (Å²) >= 11 is 5.93. The van der Waals surface area contributed by atoms with Gasteiger partial charge in [0.1, 0.15) is 26.2 Å². The first-order valence-corrected chi connectivity index (χ1v) is 10.1. The fourth-order valence-corrected chi connectivity index (χ4v) is 3.64. The molecule has 1 aliphatic heterocycles. The second kappa shape index (κ2) is 9.15. The van der Waals surface area contributed by atoms with Crippen LogP contribution in [0.1, 0.15) is 11.5 Å². The molecule has 5 nitrogen and oxygen atoms in total. The highest BCUT2D eigenvalue weighted by Crippen LogP contribution is 2.19. The highest BCUT2D eigenvalue weighted by molar-refractivity contribution is 6.30. The van der Waals surface area contributed by atoms with E-state index in [-0.39, 0.29) is 0 Å². The molecule has 0 amide bonds. The molecule has 0 radical (unpaired) electrons. The Bertz CT molecular complexity index is 900. The summed E-state index contributed by atoms with van der Waals surface area (Å²) in [5.74, 6) is 1.26. The van der Waals surface area contributed by atoms with Crippen molar-refractivity contribution < 1.29 is 14.2 Å². The summed E-state index contributed by atoms with van der Waals surface area (Å²) in [6.07, 6.45) is 4.50. The Kier molecular flexibility index (Phi) is 6.17. The van der Waals surface area contributed by atoms with E-state index in [1.807, 2.05) is 30.3 Å². The SMILES string of the molecule is Clc1ccc(-c2nnc(C[NH+]3CC[NH+](C/C=C/c4ccccc4)CC3)o2)cc1. The van der Waals surface area contributed by atoms with Crippen LogP contribution in [0, 0.1) is 0 Å². The predicted octanol–water partition coefficient (Wildman–Crippen LogP) is 1.39. The Morgan fingerprint density at radius 1 is 0.893 bits per heavy atom. The average Bonchev–Trinajstić information content (AvgIpc) is 3.19. The van der Waals surface area contributed by atoms with Gasteiger partial charge in [-0.05, 0) is 35.9 Å². The van der Waals surface area contributed by atoms with Crippen molar-refractivity contribution in [1.29, 1.82) is 0 Å². The fourth-order valence-electron chi connectivity index (χ4n) is 3.51. The number of nitrogens with one attached hydrogen (secondary N) is 2. The number of benzene rings is 2. The monoisotopic (exact) mass is 396 g/mol. The Morgan fingerprint density at radius 3 is 2.36 bits per heavy atom. The summed E-state index contributed by atoms with van der Waals surface area (Å²) < 4.78 is 5.85. The van der Waals surface area contributed by atoms with Gasteiger partial charge >= 0.3 is 0 Å². The molecule has 0 bridgehead atoms. The van der Waals surface area contributed by atoms with Crippen LogP contribution in [0.25, 0.3) is 17.5 Å². The lowest BCUT2D eigenvalue weighted by Gasteiger charge is -2.28. The van der Waals surface area contributed by atoms with Gasteiger partial charge in [-0.2, -0.15) is 0 Å². The third kappa shape index (κ3) is 5.07. The minimum atomic E-state index is 0.557. The number of piperazine rings is 1. The molecule has 0 spiro atoms. The Morgan fingerprint density at radius 2 is 1.61 bits per heavy atom. The molecule has 0 aliphatic carbocycles. The van der Waals surface area contributed by atoms with Crippen molar-refractivity contribution in [1.82, 2.24) is 10.2 Å². The molecule has 0 saturated carbocycles. The highest BCUT2D eigenvalue weighted by Gasteiger charge is 2.24. The molecule has 1 saturated heterocycles. The van der Waals surface area contributed by atoms with E-state index in [0.717, 1.165) is 44.8 Å². The van der Waals surface area contributed by atoms with E-state index in [1.54, 1.807) is 4.90 Å². The Labute approximate surface area is 170 Å². The number of aromatic nitrogens is 2. The van der Waals surface area contributed by atoms with Crippen LogP contribution in [0.5, 0.6) is 0 Å². The van der Waals surface area contributed by atoms with Crippen LogP contribution < -0.4 is 9.80 Å². The van der Waals surface area contributed by atoms with Crippen LogP contribution in [-0.2, 0) is 6.54 Å². The fraction of sp³-hybridized carbons (Fsp3) is 0.273. The van der Waals surface area contributed by atoms with Crippen LogP contribution in [0.15, 0.2) is 65.1 Å². The van der Waals surface area contributed by atoms with Gasteiger partial charge in [-0.1, -0.05) is 48.0 Å². The molecule has 4 rings (SSSR count). The average molecular weight is 397 g/mol. The number of halogens is 1. The summed E-state index contributed by atoms with van der Waals surface area (Å²) in [4.78, 5) is 3.13. The first kappa shape index (κ1) is 18.9. The largest absolute Gasteiger partial charge is 0.415 e. The lowest BCUT2D eigenvalue weighted by atomic mass is 10.2. The lowest BCUT2D eigenvalue weighted by Crippen LogP contribution is -3.27. The summed E-state index contributed by atoms with van der Waals surface area (Å²) in [6.45, 7) is 6.41. The zero-order valence-electron chi connectivity index (χ0n) is 15.8. The molecule has 1 fully saturated rings. The van der Waals surface area contributed by atoms with Crippen LogP contribution in [-0.4, -0.2) is 42.9 Å². The van der Waals surface area contributed by atoms with Gasteiger partial charge < -0.3 is 14.2 Å². The van der Waals surface area contributed by atoms with Gasteiger partial charge in [0.15, 0.2) is 6.54 Å². The van der Waals surface area contributed by atoms with Crippen molar-refractivity contribution in [2.45, 2.75) is 6.54 Å². The maximum absolute atomic E-state index is 5.93. The van der Waals surface area contributed by atoms with Crippen molar-refractivity contribution in [2.75, 3.05) is 32.7 Å². The standard InChI is InChI=1S/C22H23ClN4O/c23-20-10-8-19(9-11-20)22-25-24-21(28-22)17-27-15-13-26(14-16-27)12-4-7-18-5-2-1-3-6-18/h1-11H,12-17H2/p+2/b7-4+. The third-order valence-electron chi connectivity index (χ3n) is 5.14. The zero-order chi connectivity index (χ0) is 19.2. The topological polar surface area (TPSA) is 47.8 Å². The van der Waals surface area contributed by atoms with Crippen molar-refractivity contribution >= 4 is 17.7 Å². The van der Waals surface area contributed by atoms with Gasteiger partial charge in [0, 0.05) is 10.6 Å². The van der Waals surface area contributed by atoms with Gasteiger partial charge in [0.2, 0.25) is 5.89 Å². The van der Waals surface area contributed by atoms with Gasteiger partial charge in [0.05, 0.1) is 6.54 Å². The van der Waals surface area contributed by atoms with Gasteiger partial charge in [-0.3, -0.25) is 0 Å². The lowest BCUT2D eigenvalue weighted by molar-refractivity contribution is -1.02. The van der Waals surface area contributed by atoms with Crippen LogP contribution in [0.2, 0.25) is 5.02 Å². The second-order valence-corrected chi connectivity index (χ2v) is 7.64. The van der Waals surface area contributed by atoms with Crippen molar-refractivity contribution in [2.24, 2.45) is 0 Å². The van der Waals surface area contributed by atoms with E-state index in [2.05, 4.69) is 46.6 Å². The van der Waals surface area contributed by atoms with Gasteiger partial charge in [0.25, 0.3) is 5.89 Å². The normalized spacial score (nSPS) is 19.9. The smallest absolute Gasteiger partial charge is 0.271 e. The van der Waals surface area contributed by atoms with Gasteiger partial charge in [-0.25, -0.2) is 0 Å². The van der Waals surface area contributed by atoms with E-state index in [9.17, 15) is 0 Å². The van der Waals surface area contributed by atoms with Crippen molar-refractivity contribution in [3.63, 3.8) is 0 Å². The summed E-state index contributed by atoms with van der Waals surface area (Å²) in [6, 6.07) is 17.9. The molecular weight excluding hydrogens is 372 g/mol. The van der Waals surface area contributed by atoms with E-state index in [0.29, 0.717) is 16.8 Å². The maximum atomic E-state index is 5.93. The Balaban J connectivity index is 1.24. The number of hydrogen-bond donors (Lipinski definition) is 2. The number of nitrogens with zero attached hydrogens (tertiary/aromatic N) is 2. The highest BCUT2D eigenvalue weighted by atomic mass is 35.5. The van der Waals surface area contributed by atoms with Crippen molar-refractivity contribution in [3.8, 4) is 11.5 Å². The summed E-state index contributed by atoms with van der Waals surface area (Å²) in [7, 11) is 0. The number of rotatable bonds is 6. The molecule has 1 aliphatic rings. The maximum Gasteiger partial charge on any atom is 0.271 e. The molecule has 1 aromatic heterocycles. The first-order valence-electron chi connectivity index (χ1n) is 9.73. The molecule has 2 N–H and O–H groups in total. The van der Waals surface area contributed by atoms with Crippen LogP contribution >= 0.6 is 11.6 Å².